The molecule has 0 aromatic carbocycles. The summed E-state index contributed by atoms with van der Waals surface area (Å²) >= 11 is 4.31. The molecule has 0 aromatic heterocycles. The molecule has 0 spiro atoms. The van der Waals surface area contributed by atoms with Crippen molar-refractivity contribution in [3.8, 4) is 0 Å². The molecule has 0 amide bonds. The van der Waals surface area contributed by atoms with Crippen LogP contribution in [-0.2, 0) is 0 Å². The van der Waals surface area contributed by atoms with Gasteiger partial charge < -0.3 is 11.1 Å². The number of thioether (sulfide) groups is 2. The summed E-state index contributed by atoms with van der Waals surface area (Å²) in [6, 6.07) is 0. The van der Waals surface area contributed by atoms with Crippen LogP contribution in [-0.4, -0.2) is 47.5 Å². The molecule has 2 aliphatic rings. The van der Waals surface area contributed by atoms with E-state index in [0.29, 0.717) is 10.8 Å². The molecule has 2 aliphatic carbocycles. The topological polar surface area (TPSA) is 50.4 Å². The Labute approximate surface area is 227 Å². The van der Waals surface area contributed by atoms with Crippen LogP contribution in [0.5, 0.6) is 0 Å². The van der Waals surface area contributed by atoms with Gasteiger partial charge in [-0.3, -0.25) is 4.99 Å². The van der Waals surface area contributed by atoms with Crippen molar-refractivity contribution in [2.45, 2.75) is 116 Å². The Morgan fingerprint density at radius 2 is 1.43 bits per heavy atom. The predicted octanol–water partition coefficient (Wildman–Crippen LogP) is 7.95. The number of nitrogens with zero attached hydrogens (tertiary/aromatic N) is 1. The van der Waals surface area contributed by atoms with E-state index in [2.05, 4.69) is 82.0 Å². The smallest absolute Gasteiger partial charge is 0.0937 e. The normalized spacial score (nSPS) is 25.3. The summed E-state index contributed by atoms with van der Waals surface area (Å²) in [5.41, 5.74) is 8.49. The van der Waals surface area contributed by atoms with Crippen molar-refractivity contribution in [3.63, 3.8) is 0 Å². The fourth-order valence-electron chi connectivity index (χ4n) is 5.44. The van der Waals surface area contributed by atoms with E-state index in [9.17, 15) is 0 Å². The fourth-order valence-corrected chi connectivity index (χ4v) is 8.58. The van der Waals surface area contributed by atoms with Crippen LogP contribution >= 0.6 is 23.5 Å². The molecular weight excluding hydrogens is 466 g/mol. The second-order valence-corrected chi connectivity index (χ2v) is 15.1. The minimum absolute atomic E-state index is 0.488. The molecule has 0 heterocycles. The summed E-state index contributed by atoms with van der Waals surface area (Å²) in [6.45, 7) is 21.6. The van der Waals surface area contributed by atoms with E-state index in [1.807, 2.05) is 0 Å². The predicted molar refractivity (Wildman–Crippen MR) is 163 cm³/mol. The Morgan fingerprint density at radius 1 is 0.886 bits per heavy atom. The SMILES string of the molecule is C=C(CCCCC(N)=NCCSC1CCC1C(C)(C)CC)CNCCSC1CCC1C(C)(C)CC. The Hall–Kier alpha value is -0.130. The summed E-state index contributed by atoms with van der Waals surface area (Å²) in [7, 11) is 0. The van der Waals surface area contributed by atoms with Crippen LogP contribution in [0.4, 0.5) is 0 Å². The van der Waals surface area contributed by atoms with Crippen molar-refractivity contribution in [1.82, 2.24) is 5.32 Å². The van der Waals surface area contributed by atoms with Gasteiger partial charge >= 0.3 is 0 Å². The standard InChI is InChI=1S/C30H57N3S2/c1-8-29(4,5)24-14-16-26(24)34-20-18-32-22-23(3)12-10-11-13-28(31)33-19-21-35-27-17-15-25(27)30(6,7)9-2/h24-27,32H,3,8-22H2,1-2,4-7H3,(H2,31,33). The largest absolute Gasteiger partial charge is 0.387 e. The maximum absolute atomic E-state index is 6.18. The average molecular weight is 524 g/mol. The van der Waals surface area contributed by atoms with Crippen LogP contribution in [0, 0.1) is 22.7 Å². The molecule has 2 fully saturated rings. The van der Waals surface area contributed by atoms with Gasteiger partial charge in [-0.1, -0.05) is 66.5 Å². The Morgan fingerprint density at radius 3 is 1.94 bits per heavy atom. The summed E-state index contributed by atoms with van der Waals surface area (Å²) in [5.74, 6) is 4.97. The average Bonchev–Trinajstić information content (AvgIpc) is 2.76. The lowest BCUT2D eigenvalue weighted by molar-refractivity contribution is 0.125. The zero-order valence-electron chi connectivity index (χ0n) is 24.0. The number of hydrogen-bond donors (Lipinski definition) is 2. The first-order chi connectivity index (χ1) is 16.6. The monoisotopic (exact) mass is 523 g/mol. The first-order valence-corrected chi connectivity index (χ1v) is 16.6. The Bertz CT molecular complexity index is 658. The molecule has 4 unspecified atom stereocenters. The maximum atomic E-state index is 6.18. The number of unbranched alkanes of at least 4 members (excludes halogenated alkanes) is 1. The molecule has 0 aliphatic heterocycles. The minimum Gasteiger partial charge on any atom is -0.387 e. The quantitative estimate of drug-likeness (QED) is 0.0780. The van der Waals surface area contributed by atoms with E-state index in [1.54, 1.807) is 0 Å². The third-order valence-corrected chi connectivity index (χ3v) is 12.0. The minimum atomic E-state index is 0.488. The van der Waals surface area contributed by atoms with Gasteiger partial charge in [-0.2, -0.15) is 23.5 Å². The molecule has 0 aromatic rings. The molecule has 4 atom stereocenters. The van der Waals surface area contributed by atoms with Crippen LogP contribution in [0.3, 0.4) is 0 Å². The second-order valence-electron chi connectivity index (χ2n) is 12.4. The van der Waals surface area contributed by atoms with Crippen LogP contribution in [0.15, 0.2) is 17.1 Å². The van der Waals surface area contributed by atoms with E-state index in [1.165, 1.54) is 49.9 Å². The molecule has 2 rings (SSSR count). The van der Waals surface area contributed by atoms with E-state index >= 15 is 0 Å². The summed E-state index contributed by atoms with van der Waals surface area (Å²) in [4.78, 5) is 4.64. The number of rotatable bonds is 19. The maximum Gasteiger partial charge on any atom is 0.0937 e. The van der Waals surface area contributed by atoms with Crippen molar-refractivity contribution >= 4 is 29.4 Å². The van der Waals surface area contributed by atoms with Gasteiger partial charge in [-0.05, 0) is 67.6 Å². The zero-order valence-corrected chi connectivity index (χ0v) is 25.6. The van der Waals surface area contributed by atoms with Crippen molar-refractivity contribution in [1.29, 1.82) is 0 Å². The molecule has 204 valence electrons. The third-order valence-electron chi connectivity index (χ3n) is 9.19. The first-order valence-electron chi connectivity index (χ1n) is 14.5. The van der Waals surface area contributed by atoms with Gasteiger partial charge in [0.25, 0.3) is 0 Å². The van der Waals surface area contributed by atoms with Crippen LogP contribution in [0.25, 0.3) is 0 Å². The third kappa shape index (κ3) is 10.3. The summed E-state index contributed by atoms with van der Waals surface area (Å²) < 4.78 is 0. The number of amidine groups is 1. The molecule has 3 N–H and O–H groups in total. The van der Waals surface area contributed by atoms with Gasteiger partial charge in [0.15, 0.2) is 0 Å². The lowest BCUT2D eigenvalue weighted by Crippen LogP contribution is -2.40. The summed E-state index contributed by atoms with van der Waals surface area (Å²) in [6.07, 6.45) is 12.5. The number of nitrogens with two attached hydrogens (primary N) is 1. The highest BCUT2D eigenvalue weighted by molar-refractivity contribution is 8.00. The lowest BCUT2D eigenvalue weighted by atomic mass is 9.66. The molecule has 5 heteroatoms. The zero-order chi connectivity index (χ0) is 25.9. The van der Waals surface area contributed by atoms with Gasteiger partial charge in [-0.15, -0.1) is 0 Å². The molecular formula is C30H57N3S2. The van der Waals surface area contributed by atoms with Crippen molar-refractivity contribution in [2.75, 3.05) is 31.1 Å². The second kappa shape index (κ2) is 15.3. The van der Waals surface area contributed by atoms with Gasteiger partial charge in [0, 0.05) is 48.1 Å². The van der Waals surface area contributed by atoms with E-state index < -0.39 is 0 Å². The number of aliphatic imine (C=N–C) groups is 1. The van der Waals surface area contributed by atoms with Crippen molar-refractivity contribution < 1.29 is 0 Å². The van der Waals surface area contributed by atoms with Crippen LogP contribution in [0.1, 0.15) is 106 Å². The van der Waals surface area contributed by atoms with Gasteiger partial charge in [0.2, 0.25) is 0 Å². The molecule has 0 radical (unpaired) electrons. The van der Waals surface area contributed by atoms with Crippen LogP contribution < -0.4 is 11.1 Å². The van der Waals surface area contributed by atoms with Gasteiger partial charge in [0.05, 0.1) is 5.84 Å². The van der Waals surface area contributed by atoms with Crippen LogP contribution in [0.2, 0.25) is 0 Å². The van der Waals surface area contributed by atoms with Crippen molar-refractivity contribution in [3.05, 3.63) is 12.2 Å². The highest BCUT2D eigenvalue weighted by Gasteiger charge is 2.41. The summed E-state index contributed by atoms with van der Waals surface area (Å²) in [5, 5.41) is 5.32. The van der Waals surface area contributed by atoms with Gasteiger partial charge in [-0.25, -0.2) is 0 Å². The lowest BCUT2D eigenvalue weighted by Gasteiger charge is -2.46. The molecule has 35 heavy (non-hydrogen) atoms. The van der Waals surface area contributed by atoms with E-state index in [0.717, 1.165) is 79.2 Å². The molecule has 0 bridgehead atoms. The molecule has 0 saturated heterocycles. The highest BCUT2D eigenvalue weighted by atomic mass is 32.2. The fraction of sp³-hybridized carbons (Fsp3) is 0.900. The highest BCUT2D eigenvalue weighted by Crippen LogP contribution is 2.50. The number of hydrogen-bond acceptors (Lipinski definition) is 4. The van der Waals surface area contributed by atoms with Gasteiger partial charge in [0.1, 0.15) is 0 Å². The van der Waals surface area contributed by atoms with Crippen molar-refractivity contribution in [2.24, 2.45) is 33.4 Å². The molecule has 2 saturated carbocycles. The Balaban J connectivity index is 1.44. The first kappa shape index (κ1) is 31.1. The molecule has 3 nitrogen and oxygen atoms in total. The van der Waals surface area contributed by atoms with E-state index in [-0.39, 0.29) is 0 Å². The van der Waals surface area contributed by atoms with E-state index in [4.69, 9.17) is 5.73 Å². The Kier molecular flexibility index (Phi) is 13.6. The number of nitrogens with one attached hydrogen (secondary N) is 1.